The number of hydrogen-bond donors (Lipinski definition) is 0. The molecular formula is C16H18INO2. The van der Waals surface area contributed by atoms with Crippen molar-refractivity contribution in [3.05, 3.63) is 35.4 Å². The molecule has 0 bridgehead atoms. The highest BCUT2D eigenvalue weighted by Gasteiger charge is 2.41. The summed E-state index contributed by atoms with van der Waals surface area (Å²) in [7, 11) is 0. The summed E-state index contributed by atoms with van der Waals surface area (Å²) in [6.07, 6.45) is 4.63. The van der Waals surface area contributed by atoms with E-state index in [-0.39, 0.29) is 15.9 Å². The summed E-state index contributed by atoms with van der Waals surface area (Å²) in [6.45, 7) is 2.28. The first-order chi connectivity index (χ1) is 9.59. The van der Waals surface area contributed by atoms with Gasteiger partial charge in [-0.3, -0.25) is 14.5 Å². The van der Waals surface area contributed by atoms with Gasteiger partial charge in [0.1, 0.15) is 0 Å². The van der Waals surface area contributed by atoms with Crippen LogP contribution in [-0.4, -0.2) is 20.8 Å². The van der Waals surface area contributed by atoms with Crippen molar-refractivity contribution in [2.24, 2.45) is 11.8 Å². The number of nitrogens with zero attached hydrogens (tertiary/aromatic N) is 1. The van der Waals surface area contributed by atoms with E-state index in [4.69, 9.17) is 0 Å². The molecule has 4 heteroatoms. The zero-order valence-corrected chi connectivity index (χ0v) is 13.7. The van der Waals surface area contributed by atoms with Gasteiger partial charge in [-0.25, -0.2) is 0 Å². The molecular weight excluding hydrogens is 365 g/mol. The molecule has 1 aliphatic heterocycles. The van der Waals surface area contributed by atoms with Crippen LogP contribution >= 0.6 is 22.6 Å². The monoisotopic (exact) mass is 383 g/mol. The molecule has 0 aromatic heterocycles. The zero-order chi connectivity index (χ0) is 14.3. The first-order valence-electron chi connectivity index (χ1n) is 7.20. The Bertz CT molecular complexity index is 514. The Balaban J connectivity index is 1.82. The molecule has 1 fully saturated rings. The first-order valence-corrected chi connectivity index (χ1v) is 8.45. The third-order valence-corrected chi connectivity index (χ3v) is 6.10. The Hall–Kier alpha value is -0.910. The van der Waals surface area contributed by atoms with Gasteiger partial charge in [-0.2, -0.15) is 0 Å². The summed E-state index contributed by atoms with van der Waals surface area (Å²) < 4.78 is -0.0208. The number of fused-ring (bicyclic) bond motifs is 1. The van der Waals surface area contributed by atoms with Gasteiger partial charge in [-0.1, -0.05) is 54.5 Å². The van der Waals surface area contributed by atoms with Crippen molar-refractivity contribution in [1.82, 2.24) is 4.90 Å². The summed E-state index contributed by atoms with van der Waals surface area (Å²) in [6, 6.07) is 7.14. The van der Waals surface area contributed by atoms with Crippen LogP contribution in [0.15, 0.2) is 24.3 Å². The molecule has 1 aromatic rings. The Morgan fingerprint density at radius 1 is 1.05 bits per heavy atom. The van der Waals surface area contributed by atoms with Gasteiger partial charge in [0.05, 0.1) is 15.2 Å². The molecule has 1 aliphatic carbocycles. The number of benzene rings is 1. The van der Waals surface area contributed by atoms with E-state index in [0.717, 1.165) is 18.8 Å². The topological polar surface area (TPSA) is 37.4 Å². The van der Waals surface area contributed by atoms with Gasteiger partial charge in [-0.05, 0) is 36.8 Å². The fourth-order valence-electron chi connectivity index (χ4n) is 3.20. The Morgan fingerprint density at radius 2 is 1.55 bits per heavy atom. The maximum Gasteiger partial charge on any atom is 0.262 e. The van der Waals surface area contributed by atoms with Crippen molar-refractivity contribution in [1.29, 1.82) is 0 Å². The molecule has 1 aromatic carbocycles. The molecule has 20 heavy (non-hydrogen) atoms. The quantitative estimate of drug-likeness (QED) is 0.337. The highest BCUT2D eigenvalue weighted by Crippen LogP contribution is 2.37. The number of halogens is 1. The molecule has 2 aliphatic rings. The van der Waals surface area contributed by atoms with Crippen LogP contribution < -0.4 is 0 Å². The second-order valence-corrected chi connectivity index (χ2v) is 7.19. The number of hydrogen-bond acceptors (Lipinski definition) is 2. The summed E-state index contributed by atoms with van der Waals surface area (Å²) in [5.41, 5.74) is 1.12. The summed E-state index contributed by atoms with van der Waals surface area (Å²) in [5.74, 6) is 0.971. The third kappa shape index (κ3) is 2.28. The highest BCUT2D eigenvalue weighted by molar-refractivity contribution is 14.1. The van der Waals surface area contributed by atoms with Crippen LogP contribution in [0.2, 0.25) is 0 Å². The van der Waals surface area contributed by atoms with Gasteiger partial charge in [-0.15, -0.1) is 0 Å². The van der Waals surface area contributed by atoms with Gasteiger partial charge in [0, 0.05) is 0 Å². The van der Waals surface area contributed by atoms with E-state index in [1.165, 1.54) is 17.7 Å². The molecule has 0 N–H and O–H groups in total. The summed E-state index contributed by atoms with van der Waals surface area (Å²) in [4.78, 5) is 26.4. The fraction of sp³-hybridized carbons (Fsp3) is 0.500. The smallest absolute Gasteiger partial charge is 0.262 e. The van der Waals surface area contributed by atoms with Crippen LogP contribution in [0.1, 0.15) is 53.3 Å². The molecule has 1 saturated carbocycles. The van der Waals surface area contributed by atoms with Gasteiger partial charge < -0.3 is 0 Å². The number of rotatable bonds is 2. The van der Waals surface area contributed by atoms with Crippen molar-refractivity contribution in [2.45, 2.75) is 36.7 Å². The van der Waals surface area contributed by atoms with Crippen LogP contribution in [0, 0.1) is 11.8 Å². The number of imide groups is 1. The molecule has 3 rings (SSSR count). The molecule has 0 saturated heterocycles. The Labute approximate surface area is 132 Å². The maximum absolute atomic E-state index is 12.5. The Kier molecular flexibility index (Phi) is 3.84. The van der Waals surface area contributed by atoms with E-state index in [9.17, 15) is 9.59 Å². The van der Waals surface area contributed by atoms with Crippen molar-refractivity contribution >= 4 is 34.4 Å². The lowest BCUT2D eigenvalue weighted by Crippen LogP contribution is -2.41. The molecule has 2 amide bonds. The van der Waals surface area contributed by atoms with Gasteiger partial charge in [0.2, 0.25) is 0 Å². The van der Waals surface area contributed by atoms with Crippen LogP contribution in [0.5, 0.6) is 0 Å². The van der Waals surface area contributed by atoms with Crippen LogP contribution in [0.3, 0.4) is 0 Å². The van der Waals surface area contributed by atoms with Gasteiger partial charge in [0.25, 0.3) is 11.8 Å². The minimum atomic E-state index is -0.122. The van der Waals surface area contributed by atoms with E-state index in [0.29, 0.717) is 17.0 Å². The number of carbonyl (C=O) groups excluding carboxylic acids is 2. The predicted molar refractivity (Wildman–Crippen MR) is 85.9 cm³/mol. The average molecular weight is 383 g/mol. The van der Waals surface area contributed by atoms with Crippen LogP contribution in [0.25, 0.3) is 0 Å². The molecule has 3 nitrogen and oxygen atoms in total. The van der Waals surface area contributed by atoms with E-state index in [1.54, 1.807) is 12.1 Å². The molecule has 1 unspecified atom stereocenters. The van der Waals surface area contributed by atoms with E-state index in [1.807, 2.05) is 12.1 Å². The normalized spacial score (nSPS) is 27.6. The average Bonchev–Trinajstić information content (AvgIpc) is 2.72. The maximum atomic E-state index is 12.5. The fourth-order valence-corrected chi connectivity index (χ4v) is 4.43. The molecule has 106 valence electrons. The molecule has 0 radical (unpaired) electrons. The van der Waals surface area contributed by atoms with Crippen molar-refractivity contribution < 1.29 is 9.59 Å². The van der Waals surface area contributed by atoms with Crippen molar-refractivity contribution in [3.63, 3.8) is 0 Å². The van der Waals surface area contributed by atoms with Gasteiger partial charge >= 0.3 is 0 Å². The van der Waals surface area contributed by atoms with Crippen LogP contribution in [-0.2, 0) is 0 Å². The molecule has 1 atom stereocenters. The van der Waals surface area contributed by atoms with Crippen LogP contribution in [0.4, 0.5) is 0 Å². The predicted octanol–water partition coefficient (Wildman–Crippen LogP) is 3.87. The molecule has 1 heterocycles. The second-order valence-electron chi connectivity index (χ2n) is 5.92. The lowest BCUT2D eigenvalue weighted by atomic mass is 9.83. The number of amides is 2. The second kappa shape index (κ2) is 5.47. The minimum Gasteiger partial charge on any atom is -0.269 e. The summed E-state index contributed by atoms with van der Waals surface area (Å²) in [5, 5.41) is 0. The lowest BCUT2D eigenvalue weighted by Gasteiger charge is -2.33. The van der Waals surface area contributed by atoms with E-state index >= 15 is 0 Å². The van der Waals surface area contributed by atoms with Crippen molar-refractivity contribution in [2.75, 3.05) is 0 Å². The lowest BCUT2D eigenvalue weighted by molar-refractivity contribution is 0.0595. The Morgan fingerprint density at radius 3 is 2.05 bits per heavy atom. The standard InChI is InChI=1S/C16H18INO2/c1-10-6-8-11(9-7-10)14(17)18-15(19)12-4-2-3-5-13(12)16(18)20/h2-5,10-11,14H,6-9H2,1H3. The SMILES string of the molecule is CC1CCC(C(I)N2C(=O)c3ccccc3C2=O)CC1. The highest BCUT2D eigenvalue weighted by atomic mass is 127. The largest absolute Gasteiger partial charge is 0.269 e. The summed E-state index contributed by atoms with van der Waals surface area (Å²) >= 11 is 2.28. The van der Waals surface area contributed by atoms with Crippen molar-refractivity contribution in [3.8, 4) is 0 Å². The first kappa shape index (κ1) is 14.0. The van der Waals surface area contributed by atoms with E-state index < -0.39 is 0 Å². The zero-order valence-electron chi connectivity index (χ0n) is 11.5. The molecule has 0 spiro atoms. The number of carbonyl (C=O) groups is 2. The minimum absolute atomic E-state index is 0.0208. The van der Waals surface area contributed by atoms with Gasteiger partial charge in [0.15, 0.2) is 0 Å². The van der Waals surface area contributed by atoms with E-state index in [2.05, 4.69) is 29.5 Å². The number of alkyl halides is 1. The third-order valence-electron chi connectivity index (χ3n) is 4.52.